The molecule has 0 saturated carbocycles. The summed E-state index contributed by atoms with van der Waals surface area (Å²) in [4.78, 5) is 16.0. The normalized spacial score (nSPS) is 15.6. The van der Waals surface area contributed by atoms with Crippen LogP contribution in [0.25, 0.3) is 50.3 Å². The lowest BCUT2D eigenvalue weighted by atomic mass is 10.0. The lowest BCUT2D eigenvalue weighted by Crippen LogP contribution is -2.31. The van der Waals surface area contributed by atoms with E-state index < -0.39 is 0 Å². The van der Waals surface area contributed by atoms with Crippen molar-refractivity contribution in [1.29, 1.82) is 0 Å². The van der Waals surface area contributed by atoms with Crippen LogP contribution in [0.2, 0.25) is 0 Å². The highest BCUT2D eigenvalue weighted by Crippen LogP contribution is 2.32. The number of imidazole rings is 1. The molecule has 0 amide bonds. The van der Waals surface area contributed by atoms with Gasteiger partial charge in [-0.2, -0.15) is 16.4 Å². The molecule has 6 nitrogen and oxygen atoms in total. The number of para-hydroxylation sites is 1. The third-order valence-corrected chi connectivity index (χ3v) is 7.72. The van der Waals surface area contributed by atoms with Crippen LogP contribution in [0.5, 0.6) is 0 Å². The monoisotopic (exact) mass is 506 g/mol. The molecule has 1 aliphatic rings. The molecular formula is C30H30N6S. The number of aromatic amines is 2. The first-order chi connectivity index (χ1) is 18.2. The summed E-state index contributed by atoms with van der Waals surface area (Å²) >= 11 is 1.69. The largest absolute Gasteiger partial charge is 0.336 e. The van der Waals surface area contributed by atoms with E-state index in [1.807, 2.05) is 18.2 Å². The number of piperidine rings is 1. The van der Waals surface area contributed by atoms with Crippen LogP contribution >= 0.6 is 11.3 Å². The number of likely N-dealkylation sites (tertiary alicyclic amines) is 1. The SMILES string of the molecule is C=C/C(=C\C(=C/C)c1ccc2[nH]nc(-c3nc4c(-c5ccsc5)cccc4[nH]3)c2n1)CN1CCCCC1. The van der Waals surface area contributed by atoms with Gasteiger partial charge in [-0.05, 0) is 90.7 Å². The number of aromatic nitrogens is 5. The maximum Gasteiger partial charge on any atom is 0.161 e. The molecule has 1 fully saturated rings. The fourth-order valence-electron chi connectivity index (χ4n) is 5.07. The van der Waals surface area contributed by atoms with Gasteiger partial charge in [0.2, 0.25) is 0 Å². The van der Waals surface area contributed by atoms with Gasteiger partial charge < -0.3 is 4.98 Å². The Morgan fingerprint density at radius 3 is 2.73 bits per heavy atom. The van der Waals surface area contributed by atoms with Crippen LogP contribution in [0.4, 0.5) is 0 Å². The maximum absolute atomic E-state index is 5.05. The van der Waals surface area contributed by atoms with E-state index in [4.69, 9.17) is 9.97 Å². The molecule has 0 aliphatic carbocycles. The van der Waals surface area contributed by atoms with Crippen LogP contribution in [-0.2, 0) is 0 Å². The Kier molecular flexibility index (Phi) is 6.55. The minimum absolute atomic E-state index is 0.711. The molecule has 37 heavy (non-hydrogen) atoms. The van der Waals surface area contributed by atoms with Crippen molar-refractivity contribution in [2.45, 2.75) is 26.2 Å². The van der Waals surface area contributed by atoms with Crippen LogP contribution in [0.1, 0.15) is 31.9 Å². The number of pyridine rings is 1. The molecule has 1 saturated heterocycles. The van der Waals surface area contributed by atoms with Crippen molar-refractivity contribution in [3.8, 4) is 22.6 Å². The molecule has 0 radical (unpaired) electrons. The van der Waals surface area contributed by atoms with Crippen LogP contribution < -0.4 is 0 Å². The van der Waals surface area contributed by atoms with Gasteiger partial charge in [0.15, 0.2) is 11.5 Å². The Balaban J connectivity index is 1.36. The van der Waals surface area contributed by atoms with Crippen molar-refractivity contribution in [2.24, 2.45) is 0 Å². The Morgan fingerprint density at radius 2 is 1.95 bits per heavy atom. The van der Waals surface area contributed by atoms with Gasteiger partial charge in [-0.25, -0.2) is 9.97 Å². The van der Waals surface area contributed by atoms with Gasteiger partial charge >= 0.3 is 0 Å². The second kappa shape index (κ2) is 10.3. The number of benzene rings is 1. The maximum atomic E-state index is 5.05. The van der Waals surface area contributed by atoms with Gasteiger partial charge in [0.1, 0.15) is 5.52 Å². The van der Waals surface area contributed by atoms with Gasteiger partial charge in [-0.15, -0.1) is 0 Å². The summed E-state index contributed by atoms with van der Waals surface area (Å²) in [7, 11) is 0. The molecule has 0 atom stereocenters. The highest BCUT2D eigenvalue weighted by atomic mass is 32.1. The fourth-order valence-corrected chi connectivity index (χ4v) is 5.73. The number of nitrogens with one attached hydrogen (secondary N) is 2. The number of allylic oxidation sites excluding steroid dienone is 3. The van der Waals surface area contributed by atoms with E-state index in [9.17, 15) is 0 Å². The quantitative estimate of drug-likeness (QED) is 0.228. The van der Waals surface area contributed by atoms with Crippen LogP contribution in [-0.4, -0.2) is 49.7 Å². The number of rotatable bonds is 7. The molecule has 4 aromatic heterocycles. The minimum atomic E-state index is 0.711. The summed E-state index contributed by atoms with van der Waals surface area (Å²) < 4.78 is 0. The molecular weight excluding hydrogens is 476 g/mol. The van der Waals surface area contributed by atoms with E-state index in [0.29, 0.717) is 5.82 Å². The number of thiophene rings is 1. The third-order valence-electron chi connectivity index (χ3n) is 7.04. The first kappa shape index (κ1) is 23.6. The van der Waals surface area contributed by atoms with E-state index >= 15 is 0 Å². The van der Waals surface area contributed by atoms with Crippen LogP contribution in [0.3, 0.4) is 0 Å². The Morgan fingerprint density at radius 1 is 1.05 bits per heavy atom. The van der Waals surface area contributed by atoms with Crippen LogP contribution in [0, 0.1) is 0 Å². The molecule has 7 heteroatoms. The fraction of sp³-hybridized carbons (Fsp3) is 0.233. The average molecular weight is 507 g/mol. The highest BCUT2D eigenvalue weighted by molar-refractivity contribution is 7.08. The van der Waals surface area contributed by atoms with Gasteiger partial charge in [-0.1, -0.05) is 37.3 Å². The highest BCUT2D eigenvalue weighted by Gasteiger charge is 2.17. The Labute approximate surface area is 220 Å². The van der Waals surface area contributed by atoms with E-state index in [-0.39, 0.29) is 0 Å². The molecule has 1 aromatic carbocycles. The van der Waals surface area contributed by atoms with Crippen molar-refractivity contribution in [3.05, 3.63) is 83.2 Å². The summed E-state index contributed by atoms with van der Waals surface area (Å²) in [6.07, 6.45) is 10.2. The van der Waals surface area contributed by atoms with Gasteiger partial charge in [0, 0.05) is 12.1 Å². The topological polar surface area (TPSA) is 73.5 Å². The zero-order valence-corrected chi connectivity index (χ0v) is 21.8. The molecule has 0 spiro atoms. The summed E-state index contributed by atoms with van der Waals surface area (Å²) in [5.41, 5.74) is 9.81. The lowest BCUT2D eigenvalue weighted by Gasteiger charge is -2.26. The molecule has 186 valence electrons. The molecule has 5 aromatic rings. The number of H-pyrrole nitrogens is 2. The molecule has 0 bridgehead atoms. The second-order valence-corrected chi connectivity index (χ2v) is 10.2. The summed E-state index contributed by atoms with van der Waals surface area (Å²) in [6.45, 7) is 9.37. The molecule has 0 unspecified atom stereocenters. The van der Waals surface area contributed by atoms with Crippen molar-refractivity contribution in [3.63, 3.8) is 0 Å². The summed E-state index contributed by atoms with van der Waals surface area (Å²) in [5.74, 6) is 0.711. The Hall–Kier alpha value is -3.81. The molecule has 1 aliphatic heterocycles. The van der Waals surface area contributed by atoms with E-state index in [0.717, 1.165) is 64.2 Å². The average Bonchev–Trinajstić information content (AvgIpc) is 3.70. The molecule has 5 heterocycles. The second-order valence-electron chi connectivity index (χ2n) is 9.47. The predicted molar refractivity (Wildman–Crippen MR) is 155 cm³/mol. The van der Waals surface area contributed by atoms with Crippen molar-refractivity contribution in [1.82, 2.24) is 30.0 Å². The summed E-state index contributed by atoms with van der Waals surface area (Å²) in [6, 6.07) is 12.4. The molecule has 6 rings (SSSR count). The van der Waals surface area contributed by atoms with Crippen LogP contribution in [0.15, 0.2) is 77.5 Å². The van der Waals surface area contributed by atoms with E-state index in [1.54, 1.807) is 11.3 Å². The zero-order valence-electron chi connectivity index (χ0n) is 21.0. The first-order valence-corrected chi connectivity index (χ1v) is 13.8. The van der Waals surface area contributed by atoms with Crippen molar-refractivity contribution in [2.75, 3.05) is 19.6 Å². The number of hydrogen-bond acceptors (Lipinski definition) is 5. The van der Waals surface area contributed by atoms with Crippen molar-refractivity contribution >= 4 is 39.0 Å². The number of fused-ring (bicyclic) bond motifs is 2. The smallest absolute Gasteiger partial charge is 0.161 e. The molecule has 2 N–H and O–H groups in total. The van der Waals surface area contributed by atoms with Crippen molar-refractivity contribution < 1.29 is 0 Å². The Bertz CT molecular complexity index is 1610. The standard InChI is InChI=1S/C30H30N6S/c1-3-20(18-36-14-6-5-7-15-36)17-21(4-2)24-11-12-26-28(31-24)29(35-34-26)30-32-25-10-8-9-23(27(25)33-30)22-13-16-37-19-22/h3-4,8-13,16-17,19H,1,5-7,14-15,18H2,2H3,(H,32,33)(H,34,35)/b20-17+,21-4+. The minimum Gasteiger partial charge on any atom is -0.336 e. The van der Waals surface area contributed by atoms with E-state index in [2.05, 4.69) is 80.8 Å². The van der Waals surface area contributed by atoms with E-state index in [1.165, 1.54) is 30.4 Å². The van der Waals surface area contributed by atoms with Gasteiger partial charge in [0.05, 0.1) is 22.2 Å². The third kappa shape index (κ3) is 4.68. The lowest BCUT2D eigenvalue weighted by molar-refractivity contribution is 0.248. The summed E-state index contributed by atoms with van der Waals surface area (Å²) in [5, 5.41) is 12.0. The van der Waals surface area contributed by atoms with Gasteiger partial charge in [-0.3, -0.25) is 10.00 Å². The number of hydrogen-bond donors (Lipinski definition) is 2. The number of nitrogens with zero attached hydrogens (tertiary/aromatic N) is 4. The van der Waals surface area contributed by atoms with Gasteiger partial charge in [0.25, 0.3) is 0 Å². The predicted octanol–water partition coefficient (Wildman–Crippen LogP) is 7.23. The first-order valence-electron chi connectivity index (χ1n) is 12.8. The zero-order chi connectivity index (χ0) is 25.2.